The normalized spacial score (nSPS) is 11.9. The topological polar surface area (TPSA) is 64.8 Å². The lowest BCUT2D eigenvalue weighted by Crippen LogP contribution is -2.32. The van der Waals surface area contributed by atoms with E-state index in [0.717, 1.165) is 11.3 Å². The van der Waals surface area contributed by atoms with Crippen molar-refractivity contribution in [1.29, 1.82) is 0 Å². The summed E-state index contributed by atoms with van der Waals surface area (Å²) in [5.74, 6) is 1.33. The fraction of sp³-hybridized carbons (Fsp3) is 0.500. The quantitative estimate of drug-likeness (QED) is 0.881. The molecular weight excluding hydrogens is 244 g/mol. The van der Waals surface area contributed by atoms with Crippen LogP contribution >= 0.6 is 0 Å². The molecule has 1 atom stereocenters. The zero-order valence-corrected chi connectivity index (χ0v) is 12.2. The van der Waals surface area contributed by atoms with E-state index in [1.54, 1.807) is 26.2 Å². The molecular formula is C14H22N2O3. The number of carbonyl (C=O) groups is 1. The molecule has 0 radical (unpaired) electrons. The molecule has 0 bridgehead atoms. The highest BCUT2D eigenvalue weighted by atomic mass is 16.5. The minimum atomic E-state index is -0.166. The van der Waals surface area contributed by atoms with Crippen molar-refractivity contribution in [2.45, 2.75) is 26.3 Å². The van der Waals surface area contributed by atoms with Crippen LogP contribution in [0.25, 0.3) is 0 Å². The number of benzene rings is 1. The van der Waals surface area contributed by atoms with Crippen LogP contribution in [-0.4, -0.2) is 33.2 Å². The molecule has 0 aliphatic rings. The Labute approximate surface area is 114 Å². The summed E-state index contributed by atoms with van der Waals surface area (Å²) in [6.45, 7) is 3.70. The molecule has 1 rings (SSSR count). The zero-order chi connectivity index (χ0) is 14.6. The van der Waals surface area contributed by atoms with Gasteiger partial charge in [0.05, 0.1) is 19.9 Å². The molecule has 106 valence electrons. The predicted octanol–water partition coefficient (Wildman–Crippen LogP) is 1.71. The van der Waals surface area contributed by atoms with E-state index in [2.05, 4.69) is 0 Å². The van der Waals surface area contributed by atoms with Crippen molar-refractivity contribution in [2.75, 3.05) is 26.2 Å². The van der Waals surface area contributed by atoms with Crippen LogP contribution in [0.4, 0.5) is 5.69 Å². The number of amides is 1. The van der Waals surface area contributed by atoms with Crippen molar-refractivity contribution in [3.8, 4) is 11.5 Å². The van der Waals surface area contributed by atoms with Gasteiger partial charge in [-0.25, -0.2) is 0 Å². The summed E-state index contributed by atoms with van der Waals surface area (Å²) in [5.41, 5.74) is 7.23. The van der Waals surface area contributed by atoms with Crippen molar-refractivity contribution < 1.29 is 14.3 Å². The smallest absolute Gasteiger partial charge is 0.228 e. The molecule has 0 aliphatic carbocycles. The first-order valence-electron chi connectivity index (χ1n) is 6.16. The molecule has 19 heavy (non-hydrogen) atoms. The third kappa shape index (κ3) is 3.38. The number of hydrogen-bond acceptors (Lipinski definition) is 4. The molecule has 0 heterocycles. The van der Waals surface area contributed by atoms with Crippen LogP contribution in [0.2, 0.25) is 0 Å². The number of carbonyl (C=O) groups excluding carboxylic acids is 1. The second-order valence-corrected chi connectivity index (χ2v) is 4.58. The standard InChI is InChI=1S/C14H22N2O3/c1-9(15)8-13(17)16(3)11-6-7-12(18-4)10(2)14(11)19-5/h6-7,9H,8,15H2,1-5H3. The van der Waals surface area contributed by atoms with E-state index in [1.807, 2.05) is 26.0 Å². The van der Waals surface area contributed by atoms with Crippen LogP contribution < -0.4 is 20.1 Å². The average Bonchev–Trinajstić information content (AvgIpc) is 2.36. The lowest BCUT2D eigenvalue weighted by atomic mass is 10.1. The first kappa shape index (κ1) is 15.3. The average molecular weight is 266 g/mol. The van der Waals surface area contributed by atoms with Gasteiger partial charge in [-0.15, -0.1) is 0 Å². The Morgan fingerprint density at radius 2 is 2.00 bits per heavy atom. The van der Waals surface area contributed by atoms with Gasteiger partial charge in [0.2, 0.25) is 5.91 Å². The predicted molar refractivity (Wildman–Crippen MR) is 76.0 cm³/mol. The Bertz CT molecular complexity index is 458. The minimum Gasteiger partial charge on any atom is -0.496 e. The van der Waals surface area contributed by atoms with Crippen LogP contribution in [0.5, 0.6) is 11.5 Å². The van der Waals surface area contributed by atoms with Crippen molar-refractivity contribution in [1.82, 2.24) is 0 Å². The Kier molecular flexibility index (Phi) is 5.18. The summed E-state index contributed by atoms with van der Waals surface area (Å²) >= 11 is 0. The summed E-state index contributed by atoms with van der Waals surface area (Å²) in [7, 11) is 4.90. The molecule has 1 amide bonds. The maximum atomic E-state index is 12.0. The summed E-state index contributed by atoms with van der Waals surface area (Å²) in [4.78, 5) is 13.6. The molecule has 0 fully saturated rings. The highest BCUT2D eigenvalue weighted by molar-refractivity contribution is 5.95. The summed E-state index contributed by atoms with van der Waals surface area (Å²) in [6, 6.07) is 3.47. The van der Waals surface area contributed by atoms with Gasteiger partial charge in [-0.2, -0.15) is 0 Å². The number of ether oxygens (including phenoxy) is 2. The molecule has 1 unspecified atom stereocenters. The van der Waals surface area contributed by atoms with Gasteiger partial charge >= 0.3 is 0 Å². The third-order valence-electron chi connectivity index (χ3n) is 2.99. The number of rotatable bonds is 5. The van der Waals surface area contributed by atoms with Crippen LogP contribution in [0.1, 0.15) is 18.9 Å². The first-order valence-corrected chi connectivity index (χ1v) is 6.16. The second kappa shape index (κ2) is 6.43. The van der Waals surface area contributed by atoms with E-state index in [4.69, 9.17) is 15.2 Å². The van der Waals surface area contributed by atoms with Crippen molar-refractivity contribution in [2.24, 2.45) is 5.73 Å². The molecule has 0 aromatic heterocycles. The van der Waals surface area contributed by atoms with Gasteiger partial charge < -0.3 is 20.1 Å². The van der Waals surface area contributed by atoms with E-state index in [1.165, 1.54) is 0 Å². The minimum absolute atomic E-state index is 0.0436. The van der Waals surface area contributed by atoms with E-state index in [0.29, 0.717) is 17.9 Å². The Morgan fingerprint density at radius 1 is 1.37 bits per heavy atom. The Morgan fingerprint density at radius 3 is 2.47 bits per heavy atom. The highest BCUT2D eigenvalue weighted by Gasteiger charge is 2.19. The Balaban J connectivity index is 3.13. The largest absolute Gasteiger partial charge is 0.496 e. The van der Waals surface area contributed by atoms with E-state index < -0.39 is 0 Å². The van der Waals surface area contributed by atoms with Crippen molar-refractivity contribution >= 4 is 11.6 Å². The van der Waals surface area contributed by atoms with Crippen molar-refractivity contribution in [3.05, 3.63) is 17.7 Å². The SMILES string of the molecule is COc1ccc(N(C)C(=O)CC(C)N)c(OC)c1C. The lowest BCUT2D eigenvalue weighted by Gasteiger charge is -2.23. The molecule has 0 saturated carbocycles. The van der Waals surface area contributed by atoms with Gasteiger partial charge in [-0.3, -0.25) is 4.79 Å². The Hall–Kier alpha value is -1.75. The second-order valence-electron chi connectivity index (χ2n) is 4.58. The van der Waals surface area contributed by atoms with Crippen LogP contribution in [0, 0.1) is 6.92 Å². The van der Waals surface area contributed by atoms with E-state index in [9.17, 15) is 4.79 Å². The summed E-state index contributed by atoms with van der Waals surface area (Å²) in [6.07, 6.45) is 0.296. The van der Waals surface area contributed by atoms with Gasteiger partial charge in [0.25, 0.3) is 0 Å². The van der Waals surface area contributed by atoms with Gasteiger partial charge in [0.15, 0.2) is 0 Å². The monoisotopic (exact) mass is 266 g/mol. The van der Waals surface area contributed by atoms with Gasteiger partial charge in [-0.05, 0) is 26.0 Å². The molecule has 1 aromatic rings. The number of nitrogens with two attached hydrogens (primary N) is 1. The van der Waals surface area contributed by atoms with Gasteiger partial charge in [-0.1, -0.05) is 0 Å². The molecule has 0 aliphatic heterocycles. The number of nitrogens with zero attached hydrogens (tertiary/aromatic N) is 1. The molecule has 5 heteroatoms. The fourth-order valence-electron chi connectivity index (χ4n) is 1.95. The third-order valence-corrected chi connectivity index (χ3v) is 2.99. The molecule has 2 N–H and O–H groups in total. The fourth-order valence-corrected chi connectivity index (χ4v) is 1.95. The van der Waals surface area contributed by atoms with Gasteiger partial charge in [0, 0.05) is 25.1 Å². The van der Waals surface area contributed by atoms with E-state index >= 15 is 0 Å². The van der Waals surface area contributed by atoms with E-state index in [-0.39, 0.29) is 11.9 Å². The van der Waals surface area contributed by atoms with Gasteiger partial charge in [0.1, 0.15) is 11.5 Å². The number of anilines is 1. The van der Waals surface area contributed by atoms with Crippen molar-refractivity contribution in [3.63, 3.8) is 0 Å². The van der Waals surface area contributed by atoms with Crippen LogP contribution in [-0.2, 0) is 4.79 Å². The number of methoxy groups -OCH3 is 2. The van der Waals surface area contributed by atoms with Crippen LogP contribution in [0.15, 0.2) is 12.1 Å². The summed E-state index contributed by atoms with van der Waals surface area (Å²) < 4.78 is 10.6. The first-order chi connectivity index (χ1) is 8.92. The summed E-state index contributed by atoms with van der Waals surface area (Å²) in [5, 5.41) is 0. The molecule has 5 nitrogen and oxygen atoms in total. The highest BCUT2D eigenvalue weighted by Crippen LogP contribution is 2.36. The maximum Gasteiger partial charge on any atom is 0.228 e. The maximum absolute atomic E-state index is 12.0. The molecule has 0 spiro atoms. The zero-order valence-electron chi connectivity index (χ0n) is 12.2. The molecule has 1 aromatic carbocycles. The number of hydrogen-bond donors (Lipinski definition) is 1. The lowest BCUT2D eigenvalue weighted by molar-refractivity contribution is -0.118. The molecule has 0 saturated heterocycles. The van der Waals surface area contributed by atoms with Crippen LogP contribution in [0.3, 0.4) is 0 Å².